The summed E-state index contributed by atoms with van der Waals surface area (Å²) in [5, 5.41) is 0. The van der Waals surface area contributed by atoms with Gasteiger partial charge >= 0.3 is 8.60 Å². The van der Waals surface area contributed by atoms with E-state index in [2.05, 4.69) is 39.8 Å². The van der Waals surface area contributed by atoms with Gasteiger partial charge in [0.2, 0.25) is 0 Å². The Morgan fingerprint density at radius 3 is 1.52 bits per heavy atom. The van der Waals surface area contributed by atoms with Crippen LogP contribution in [0.2, 0.25) is 0 Å². The largest absolute Gasteiger partial charge is 0.332 e. The highest BCUT2D eigenvalue weighted by molar-refractivity contribution is 7.41. The van der Waals surface area contributed by atoms with Crippen molar-refractivity contribution >= 4 is 8.60 Å². The number of rotatable bonds is 21. The quantitative estimate of drug-likeness (QED) is 0.137. The van der Waals surface area contributed by atoms with Gasteiger partial charge in [-0.1, -0.05) is 122 Å². The van der Waals surface area contributed by atoms with Gasteiger partial charge in [0, 0.05) is 0 Å². The van der Waals surface area contributed by atoms with Gasteiger partial charge in [0.05, 0.1) is 19.8 Å². The lowest BCUT2D eigenvalue weighted by atomic mass is 10.0. The summed E-state index contributed by atoms with van der Waals surface area (Å²) < 4.78 is 18.0. The minimum Gasteiger partial charge on any atom is -0.312 e. The zero-order valence-corrected chi connectivity index (χ0v) is 21.7. The standard InChI is InChI=1S/C27H49O3P/c1-25(2)18-12-7-5-9-16-22-28-31(30-24-27-20-14-11-15-21-27)29-23-17-10-6-8-13-19-26(3)4/h11,14-15,20-21,25-26H,5-10,12-13,16-19,22-24H2,1-4H3. The summed E-state index contributed by atoms with van der Waals surface area (Å²) >= 11 is 0. The van der Waals surface area contributed by atoms with Crippen LogP contribution in [-0.2, 0) is 20.2 Å². The van der Waals surface area contributed by atoms with Gasteiger partial charge in [-0.15, -0.1) is 0 Å². The SMILES string of the molecule is CC(C)CCCCCCCOP(OCCCCCCCC(C)C)OCc1ccccc1. The highest BCUT2D eigenvalue weighted by atomic mass is 31.2. The first-order chi connectivity index (χ1) is 15.1. The average molecular weight is 453 g/mol. The summed E-state index contributed by atoms with van der Waals surface area (Å²) in [5.74, 6) is 1.65. The first-order valence-electron chi connectivity index (χ1n) is 12.8. The van der Waals surface area contributed by atoms with Crippen molar-refractivity contribution in [3.05, 3.63) is 35.9 Å². The number of unbranched alkanes of at least 4 members (excludes halogenated alkanes) is 8. The summed E-state index contributed by atoms with van der Waals surface area (Å²) in [6.45, 7) is 11.2. The molecule has 0 aliphatic rings. The molecule has 0 aromatic heterocycles. The smallest absolute Gasteiger partial charge is 0.312 e. The second-order valence-corrected chi connectivity index (χ2v) is 10.8. The molecular weight excluding hydrogens is 403 g/mol. The van der Waals surface area contributed by atoms with Crippen LogP contribution in [0, 0.1) is 11.8 Å². The van der Waals surface area contributed by atoms with E-state index < -0.39 is 8.60 Å². The molecule has 31 heavy (non-hydrogen) atoms. The molecule has 0 heterocycles. The van der Waals surface area contributed by atoms with Crippen LogP contribution in [0.25, 0.3) is 0 Å². The maximum absolute atomic E-state index is 6.00. The predicted octanol–water partition coefficient (Wildman–Crippen LogP) is 9.46. The minimum absolute atomic E-state index is 0.553. The van der Waals surface area contributed by atoms with Gasteiger partial charge in [-0.3, -0.25) is 0 Å². The Labute approximate surface area is 194 Å². The van der Waals surface area contributed by atoms with Crippen LogP contribution in [0.5, 0.6) is 0 Å². The molecule has 0 saturated heterocycles. The van der Waals surface area contributed by atoms with Crippen LogP contribution >= 0.6 is 8.60 Å². The third-order valence-corrected chi connectivity index (χ3v) is 6.55. The molecule has 0 amide bonds. The van der Waals surface area contributed by atoms with Crippen molar-refractivity contribution in [1.82, 2.24) is 0 Å². The molecule has 0 saturated carbocycles. The van der Waals surface area contributed by atoms with E-state index >= 15 is 0 Å². The van der Waals surface area contributed by atoms with Gasteiger partial charge in [-0.2, -0.15) is 0 Å². The summed E-state index contributed by atoms with van der Waals surface area (Å²) in [7, 11) is -1.26. The molecule has 0 N–H and O–H groups in total. The van der Waals surface area contributed by atoms with E-state index in [0.29, 0.717) is 6.61 Å². The Bertz CT molecular complexity index is 469. The van der Waals surface area contributed by atoms with Gasteiger partial charge < -0.3 is 13.6 Å². The molecule has 4 heteroatoms. The molecule has 0 atom stereocenters. The van der Waals surface area contributed by atoms with E-state index in [1.54, 1.807) is 0 Å². The Balaban J connectivity index is 2.17. The van der Waals surface area contributed by atoms with Crippen molar-refractivity contribution in [1.29, 1.82) is 0 Å². The predicted molar refractivity (Wildman–Crippen MR) is 135 cm³/mol. The molecule has 0 aliphatic carbocycles. The van der Waals surface area contributed by atoms with E-state index in [1.165, 1.54) is 64.2 Å². The maximum atomic E-state index is 6.00. The van der Waals surface area contributed by atoms with Gasteiger partial charge in [0.25, 0.3) is 0 Å². The monoisotopic (exact) mass is 452 g/mol. The third-order valence-electron chi connectivity index (χ3n) is 5.42. The molecule has 180 valence electrons. The highest BCUT2D eigenvalue weighted by Gasteiger charge is 2.13. The lowest BCUT2D eigenvalue weighted by Gasteiger charge is -2.17. The van der Waals surface area contributed by atoms with Crippen molar-refractivity contribution in [3.63, 3.8) is 0 Å². The molecule has 0 aliphatic heterocycles. The number of benzene rings is 1. The van der Waals surface area contributed by atoms with E-state index in [1.807, 2.05) is 18.2 Å². The Morgan fingerprint density at radius 2 is 1.03 bits per heavy atom. The zero-order valence-electron chi connectivity index (χ0n) is 20.8. The van der Waals surface area contributed by atoms with Crippen LogP contribution < -0.4 is 0 Å². The van der Waals surface area contributed by atoms with E-state index in [-0.39, 0.29) is 0 Å². The molecule has 3 nitrogen and oxygen atoms in total. The van der Waals surface area contributed by atoms with Crippen molar-refractivity contribution < 1.29 is 13.6 Å². The number of hydrogen-bond acceptors (Lipinski definition) is 3. The molecule has 1 aromatic carbocycles. The minimum atomic E-state index is -1.26. The van der Waals surface area contributed by atoms with Crippen molar-refractivity contribution in [3.8, 4) is 0 Å². The fraction of sp³-hybridized carbons (Fsp3) is 0.778. The van der Waals surface area contributed by atoms with Crippen LogP contribution in [0.3, 0.4) is 0 Å². The van der Waals surface area contributed by atoms with Crippen LogP contribution in [0.4, 0.5) is 0 Å². The summed E-state index contributed by atoms with van der Waals surface area (Å²) in [4.78, 5) is 0. The fourth-order valence-corrected chi connectivity index (χ4v) is 4.50. The van der Waals surface area contributed by atoms with E-state index in [4.69, 9.17) is 13.6 Å². The first kappa shape index (κ1) is 28.6. The van der Waals surface area contributed by atoms with E-state index in [9.17, 15) is 0 Å². The fourth-order valence-electron chi connectivity index (χ4n) is 3.46. The van der Waals surface area contributed by atoms with Crippen LogP contribution in [-0.4, -0.2) is 13.2 Å². The molecule has 0 bridgehead atoms. The summed E-state index contributed by atoms with van der Waals surface area (Å²) in [5.41, 5.74) is 1.16. The molecular formula is C27H49O3P. The molecule has 0 unspecified atom stereocenters. The highest BCUT2D eigenvalue weighted by Crippen LogP contribution is 2.41. The molecule has 1 rings (SSSR count). The Morgan fingerprint density at radius 1 is 0.581 bits per heavy atom. The molecule has 1 aromatic rings. The summed E-state index contributed by atoms with van der Waals surface area (Å²) in [6.07, 6.45) is 15.3. The third kappa shape index (κ3) is 18.8. The van der Waals surface area contributed by atoms with Crippen molar-refractivity contribution in [2.75, 3.05) is 13.2 Å². The lowest BCUT2D eigenvalue weighted by molar-refractivity contribution is 0.150. The normalized spacial score (nSPS) is 11.8. The Hall–Kier alpha value is -0.470. The van der Waals surface area contributed by atoms with Crippen molar-refractivity contribution in [2.24, 2.45) is 11.8 Å². The van der Waals surface area contributed by atoms with E-state index in [0.717, 1.165) is 43.5 Å². The molecule has 0 spiro atoms. The molecule has 0 radical (unpaired) electrons. The molecule has 0 fully saturated rings. The maximum Gasteiger partial charge on any atom is 0.332 e. The van der Waals surface area contributed by atoms with Gasteiger partial charge in [0.1, 0.15) is 0 Å². The lowest BCUT2D eigenvalue weighted by Crippen LogP contribution is -2.00. The van der Waals surface area contributed by atoms with Crippen LogP contribution in [0.1, 0.15) is 110 Å². The van der Waals surface area contributed by atoms with Gasteiger partial charge in [-0.05, 0) is 30.2 Å². The second-order valence-electron chi connectivity index (χ2n) is 9.55. The Kier molecular flexibility index (Phi) is 18.6. The topological polar surface area (TPSA) is 27.7 Å². The zero-order chi connectivity index (χ0) is 22.6. The number of hydrogen-bond donors (Lipinski definition) is 0. The second kappa shape index (κ2) is 20.2. The van der Waals surface area contributed by atoms with Crippen LogP contribution in [0.15, 0.2) is 30.3 Å². The van der Waals surface area contributed by atoms with Crippen molar-refractivity contribution in [2.45, 2.75) is 111 Å². The summed E-state index contributed by atoms with van der Waals surface area (Å²) in [6, 6.07) is 10.3. The van der Waals surface area contributed by atoms with Gasteiger partial charge in [0.15, 0.2) is 0 Å². The average Bonchev–Trinajstić information content (AvgIpc) is 2.75. The first-order valence-corrected chi connectivity index (χ1v) is 13.9. The van der Waals surface area contributed by atoms with Gasteiger partial charge in [-0.25, -0.2) is 0 Å².